The van der Waals surface area contributed by atoms with E-state index in [1.54, 1.807) is 31.1 Å². The number of hydrogen-bond donors (Lipinski definition) is 4. The molecule has 0 fully saturated rings. The average Bonchev–Trinajstić information content (AvgIpc) is 3.90. The fraction of sp³-hybridized carbons (Fsp3) is 0.273. The van der Waals surface area contributed by atoms with Crippen molar-refractivity contribution >= 4 is 39.9 Å². The Morgan fingerprint density at radius 3 is 2.10 bits per heavy atom. The second kappa shape index (κ2) is 15.3. The molecule has 2 aromatic carbocycles. The molecule has 0 radical (unpaired) electrons. The fourth-order valence-electron chi connectivity index (χ4n) is 8.31. The maximum Gasteiger partial charge on any atom is 0.258 e. The second-order valence-corrected chi connectivity index (χ2v) is 15.7. The smallest absolute Gasteiger partial charge is 0.258 e. The largest absolute Gasteiger partial charge is 0.470 e. The Hall–Kier alpha value is -7.04. The molecule has 8 heterocycles. The van der Waals surface area contributed by atoms with Crippen molar-refractivity contribution in [2.24, 2.45) is 0 Å². The summed E-state index contributed by atoms with van der Waals surface area (Å²) in [6, 6.07) is 12.5. The van der Waals surface area contributed by atoms with E-state index in [4.69, 9.17) is 35.1 Å². The number of hydrogen-bond acceptors (Lipinski definition) is 14. The Morgan fingerprint density at radius 2 is 1.37 bits per heavy atom. The van der Waals surface area contributed by atoms with Gasteiger partial charge in [-0.1, -0.05) is 0 Å². The van der Waals surface area contributed by atoms with Crippen molar-refractivity contribution in [1.82, 2.24) is 59.6 Å². The molecule has 0 unspecified atom stereocenters. The average molecular weight is 801 g/mol. The molecule has 0 saturated heterocycles. The van der Waals surface area contributed by atoms with Crippen LogP contribution in [0.25, 0.3) is 44.8 Å². The lowest BCUT2D eigenvalue weighted by atomic mass is 9.92. The number of aryl methyl sites for hydroxylation is 2. The van der Waals surface area contributed by atoms with Gasteiger partial charge in [-0.25, -0.2) is 34.9 Å². The molecule has 16 heteroatoms. The lowest BCUT2D eigenvalue weighted by molar-refractivity contribution is 0.296. The van der Waals surface area contributed by atoms with Crippen molar-refractivity contribution in [3.8, 4) is 34.3 Å². The van der Waals surface area contributed by atoms with Gasteiger partial charge in [-0.2, -0.15) is 4.98 Å². The summed E-state index contributed by atoms with van der Waals surface area (Å²) in [5.41, 5.74) is 21.8. The van der Waals surface area contributed by atoms with E-state index in [0.29, 0.717) is 45.8 Å². The van der Waals surface area contributed by atoms with E-state index in [9.17, 15) is 0 Å². The van der Waals surface area contributed by atoms with Crippen molar-refractivity contribution in [2.75, 3.05) is 38.2 Å². The van der Waals surface area contributed by atoms with Crippen LogP contribution in [0.2, 0.25) is 0 Å². The van der Waals surface area contributed by atoms with Crippen molar-refractivity contribution in [3.63, 3.8) is 0 Å². The summed E-state index contributed by atoms with van der Waals surface area (Å²) in [5.74, 6) is 1.53. The zero-order chi connectivity index (χ0) is 40.9. The SMILES string of the molecule is Cc1cc(-c2cnc(N)c(OCc3ccnc4nc(Nc5ncc(-c6cc(C)c7c(c6)CN(C)CC7)nc5OCc5ccnc6[nH]cnc56)[nH]c34)n2)cc2c1CCN(C)C2. The zero-order valence-corrected chi connectivity index (χ0v) is 33.9. The Labute approximate surface area is 345 Å². The number of imidazole rings is 2. The highest BCUT2D eigenvalue weighted by atomic mass is 16.5. The van der Waals surface area contributed by atoms with Gasteiger partial charge in [-0.15, -0.1) is 0 Å². The molecule has 6 aromatic heterocycles. The first-order valence-corrected chi connectivity index (χ1v) is 20.0. The summed E-state index contributed by atoms with van der Waals surface area (Å²) in [7, 11) is 4.29. The van der Waals surface area contributed by atoms with E-state index in [-0.39, 0.29) is 24.9 Å². The number of pyridine rings is 2. The third-order valence-corrected chi connectivity index (χ3v) is 11.4. The predicted octanol–water partition coefficient (Wildman–Crippen LogP) is 6.22. The number of nitrogen functional groups attached to an aromatic ring is 1. The minimum Gasteiger partial charge on any atom is -0.470 e. The summed E-state index contributed by atoms with van der Waals surface area (Å²) in [6.45, 7) is 8.52. The summed E-state index contributed by atoms with van der Waals surface area (Å²) in [4.78, 5) is 48.3. The number of ether oxygens (including phenoxy) is 2. The molecule has 0 aliphatic carbocycles. The van der Waals surface area contributed by atoms with E-state index in [2.05, 4.69) is 97.2 Å². The molecule has 10 rings (SSSR count). The quantitative estimate of drug-likeness (QED) is 0.122. The van der Waals surface area contributed by atoms with Gasteiger partial charge in [0.1, 0.15) is 18.7 Å². The molecule has 8 aromatic rings. The van der Waals surface area contributed by atoms with Crippen molar-refractivity contribution in [1.29, 1.82) is 0 Å². The molecule has 2 aliphatic rings. The first-order valence-electron chi connectivity index (χ1n) is 20.0. The van der Waals surface area contributed by atoms with Gasteiger partial charge in [-0.05, 0) is 111 Å². The number of likely N-dealkylation sites (N-methyl/N-ethyl adjacent to an activating group) is 2. The van der Waals surface area contributed by atoms with Gasteiger partial charge < -0.3 is 40.3 Å². The number of nitrogens with one attached hydrogen (secondary N) is 3. The molecule has 2 aliphatic heterocycles. The van der Waals surface area contributed by atoms with E-state index < -0.39 is 0 Å². The van der Waals surface area contributed by atoms with Crippen molar-refractivity contribution in [2.45, 2.75) is 53.0 Å². The standard InChI is InChI=1S/C44H44N14O2/c1-24-13-28(15-30-19-57(3)11-7-32(24)30)34-17-48-38(45)42(52-34)59-22-27-6-10-47-40-37(27)54-44(55-40)56-41-43(60-21-26-5-9-46-39-36(26)50-23-51-39)53-35(18-49-41)29-14-25(2)33-8-12-58(4)20-31(33)16-29/h5-6,9-10,13-18,23H,7-8,11-12,19-22H2,1-4H3,(H2,45,48)(H,46,50,51)(H2,47,49,54,55,56). The topological polar surface area (TPSA) is 198 Å². The molecule has 0 spiro atoms. The van der Waals surface area contributed by atoms with Crippen LogP contribution in [0.5, 0.6) is 11.8 Å². The number of rotatable bonds is 10. The lowest BCUT2D eigenvalue weighted by Gasteiger charge is -2.27. The Morgan fingerprint density at radius 1 is 0.733 bits per heavy atom. The van der Waals surface area contributed by atoms with Crippen LogP contribution in [-0.4, -0.2) is 86.8 Å². The molecule has 302 valence electrons. The Balaban J connectivity index is 0.928. The number of anilines is 3. The lowest BCUT2D eigenvalue weighted by Crippen LogP contribution is -2.27. The number of benzene rings is 2. The van der Waals surface area contributed by atoms with Gasteiger partial charge in [0.05, 0.1) is 35.6 Å². The van der Waals surface area contributed by atoms with Crippen molar-refractivity contribution in [3.05, 3.63) is 112 Å². The Bertz CT molecular complexity index is 2920. The molecule has 5 N–H and O–H groups in total. The maximum atomic E-state index is 6.44. The predicted molar refractivity (Wildman–Crippen MR) is 229 cm³/mol. The first kappa shape index (κ1) is 37.2. The Kier molecular flexibility index (Phi) is 9.49. The van der Waals surface area contributed by atoms with E-state index in [1.165, 1.54) is 33.4 Å². The first-order chi connectivity index (χ1) is 29.2. The van der Waals surface area contributed by atoms with Crippen LogP contribution in [0.4, 0.5) is 17.6 Å². The number of aromatic amines is 2. The molecule has 0 bridgehead atoms. The maximum absolute atomic E-state index is 6.44. The summed E-state index contributed by atoms with van der Waals surface area (Å²) >= 11 is 0. The van der Waals surface area contributed by atoms with Crippen LogP contribution in [0.3, 0.4) is 0 Å². The van der Waals surface area contributed by atoms with Crippen molar-refractivity contribution < 1.29 is 9.47 Å². The van der Waals surface area contributed by atoms with E-state index in [1.807, 2.05) is 12.1 Å². The normalized spacial score (nSPS) is 14.3. The van der Waals surface area contributed by atoms with E-state index in [0.717, 1.165) is 66.8 Å². The number of nitrogens with two attached hydrogens (primary N) is 1. The highest BCUT2D eigenvalue weighted by Gasteiger charge is 2.21. The fourth-order valence-corrected chi connectivity index (χ4v) is 8.31. The molecule has 60 heavy (non-hydrogen) atoms. The third-order valence-electron chi connectivity index (χ3n) is 11.4. The van der Waals surface area contributed by atoms with E-state index >= 15 is 0 Å². The highest BCUT2D eigenvalue weighted by Crippen LogP contribution is 2.33. The van der Waals surface area contributed by atoms with Gasteiger partial charge in [-0.3, -0.25) is 0 Å². The number of H-pyrrole nitrogens is 2. The molecular weight excluding hydrogens is 757 g/mol. The molecule has 0 amide bonds. The molecule has 0 saturated carbocycles. The second-order valence-electron chi connectivity index (χ2n) is 15.7. The molecular formula is C44H44N14O2. The van der Waals surface area contributed by atoms with Gasteiger partial charge in [0.15, 0.2) is 22.9 Å². The summed E-state index contributed by atoms with van der Waals surface area (Å²) in [6.07, 6.45) is 10.5. The highest BCUT2D eigenvalue weighted by molar-refractivity contribution is 5.78. The molecule has 16 nitrogen and oxygen atoms in total. The van der Waals surface area contributed by atoms with Crippen LogP contribution in [0.1, 0.15) is 44.5 Å². The van der Waals surface area contributed by atoms with Gasteiger partial charge >= 0.3 is 0 Å². The van der Waals surface area contributed by atoms with Crippen LogP contribution in [-0.2, 0) is 39.1 Å². The molecule has 0 atom stereocenters. The van der Waals surface area contributed by atoms with Gasteiger partial charge in [0, 0.05) is 60.8 Å². The van der Waals surface area contributed by atoms with Gasteiger partial charge in [0.25, 0.3) is 11.8 Å². The monoisotopic (exact) mass is 800 g/mol. The van der Waals surface area contributed by atoms with Gasteiger partial charge in [0.2, 0.25) is 5.95 Å². The minimum atomic E-state index is 0.142. The number of nitrogens with zero attached hydrogens (tertiary/aromatic N) is 10. The summed E-state index contributed by atoms with van der Waals surface area (Å²) < 4.78 is 12.7. The van der Waals surface area contributed by atoms with Crippen LogP contribution in [0, 0.1) is 13.8 Å². The summed E-state index contributed by atoms with van der Waals surface area (Å²) in [5, 5.41) is 3.31. The van der Waals surface area contributed by atoms with Crippen LogP contribution < -0.4 is 20.5 Å². The zero-order valence-electron chi connectivity index (χ0n) is 33.9. The third kappa shape index (κ3) is 7.20. The van der Waals surface area contributed by atoms with Crippen LogP contribution in [0.15, 0.2) is 67.5 Å². The number of fused-ring (bicyclic) bond motifs is 4. The number of aromatic nitrogens is 10. The minimum absolute atomic E-state index is 0.142. The van der Waals surface area contributed by atoms with Crippen LogP contribution >= 0.6 is 0 Å².